The van der Waals surface area contributed by atoms with Gasteiger partial charge >= 0.3 is 0 Å². The Morgan fingerprint density at radius 1 is 1.02 bits per heavy atom. The number of hydrogen-bond acceptors (Lipinski definition) is 10. The van der Waals surface area contributed by atoms with Gasteiger partial charge in [0, 0.05) is 81.4 Å². The minimum absolute atomic E-state index is 0.00942. The summed E-state index contributed by atoms with van der Waals surface area (Å²) < 4.78 is 42.0. The maximum Gasteiger partial charge on any atom is 0.215 e. The van der Waals surface area contributed by atoms with Crippen molar-refractivity contribution in [2.45, 2.75) is 81.6 Å². The first-order valence-electron chi connectivity index (χ1n) is 17.4. The highest BCUT2D eigenvalue weighted by atomic mass is 32.2. The molecule has 6 saturated heterocycles. The van der Waals surface area contributed by atoms with Crippen molar-refractivity contribution >= 4 is 27.0 Å². The molecule has 3 unspecified atom stereocenters. The van der Waals surface area contributed by atoms with E-state index in [-0.39, 0.29) is 29.9 Å². The van der Waals surface area contributed by atoms with Crippen LogP contribution in [-0.2, 0) is 14.8 Å². The quantitative estimate of drug-likeness (QED) is 0.295. The largest absolute Gasteiger partial charge is 0.492 e. The fourth-order valence-corrected chi connectivity index (χ4v) is 11.2. The van der Waals surface area contributed by atoms with Gasteiger partial charge in [-0.2, -0.15) is 9.40 Å². The Bertz CT molecular complexity index is 1650. The van der Waals surface area contributed by atoms with Crippen LogP contribution in [0.5, 0.6) is 5.75 Å². The van der Waals surface area contributed by atoms with Gasteiger partial charge in [0.1, 0.15) is 11.6 Å². The molecule has 0 saturated carbocycles. The third-order valence-electron chi connectivity index (χ3n) is 11.2. The summed E-state index contributed by atoms with van der Waals surface area (Å²) in [4.78, 5) is 9.68. The van der Waals surface area contributed by atoms with Gasteiger partial charge in [-0.1, -0.05) is 0 Å². The summed E-state index contributed by atoms with van der Waals surface area (Å²) >= 11 is 0. The zero-order valence-electron chi connectivity index (χ0n) is 27.2. The number of ether oxygens (including phenoxy) is 2. The third-order valence-corrected chi connectivity index (χ3v) is 13.3. The van der Waals surface area contributed by atoms with Crippen molar-refractivity contribution in [3.05, 3.63) is 36.8 Å². The number of hydrogen-bond donors (Lipinski definition) is 2. The van der Waals surface area contributed by atoms with Gasteiger partial charge in [-0.15, -0.1) is 0 Å². The lowest BCUT2D eigenvalue weighted by atomic mass is 9.91. The van der Waals surface area contributed by atoms with Crippen LogP contribution in [0, 0.1) is 5.92 Å². The van der Waals surface area contributed by atoms with Gasteiger partial charge < -0.3 is 24.8 Å². The van der Waals surface area contributed by atoms with E-state index in [2.05, 4.69) is 32.3 Å². The molecule has 0 aromatic carbocycles. The SMILES string of the molecule is CNc1cnn2cc(OCCCN3[C@@H]4CC[C@H]3CC(O)C4)cc(-c3ccc(N4CC5CC(C4)N5S(=O)(=O)CC4CCOCC4)nc3)c12. The third kappa shape index (κ3) is 6.09. The molecule has 254 valence electrons. The van der Waals surface area contributed by atoms with Gasteiger partial charge in [0.15, 0.2) is 0 Å². The van der Waals surface area contributed by atoms with Crippen LogP contribution in [0.2, 0.25) is 0 Å². The summed E-state index contributed by atoms with van der Waals surface area (Å²) in [6, 6.07) is 7.25. The summed E-state index contributed by atoms with van der Waals surface area (Å²) in [7, 11) is -1.39. The van der Waals surface area contributed by atoms with E-state index in [0.717, 1.165) is 79.0 Å². The molecule has 9 rings (SSSR count). The summed E-state index contributed by atoms with van der Waals surface area (Å²) in [5, 5.41) is 18.0. The van der Waals surface area contributed by atoms with E-state index in [1.165, 1.54) is 12.8 Å². The topological polar surface area (TPSA) is 125 Å². The van der Waals surface area contributed by atoms with Crippen LogP contribution in [0.15, 0.2) is 36.8 Å². The lowest BCUT2D eigenvalue weighted by Crippen LogP contribution is -2.70. The fraction of sp³-hybridized carbons (Fsp3) is 0.647. The lowest BCUT2D eigenvalue weighted by molar-refractivity contribution is 0.0331. The molecule has 0 spiro atoms. The Morgan fingerprint density at radius 2 is 1.79 bits per heavy atom. The lowest BCUT2D eigenvalue weighted by Gasteiger charge is -2.55. The van der Waals surface area contributed by atoms with E-state index in [9.17, 15) is 13.5 Å². The monoisotopic (exact) mass is 665 g/mol. The Labute approximate surface area is 277 Å². The predicted molar refractivity (Wildman–Crippen MR) is 180 cm³/mol. The molecule has 3 aromatic rings. The van der Waals surface area contributed by atoms with Crippen molar-refractivity contribution in [2.75, 3.05) is 62.5 Å². The first-order chi connectivity index (χ1) is 22.9. The maximum atomic E-state index is 13.3. The highest BCUT2D eigenvalue weighted by Crippen LogP contribution is 2.39. The zero-order valence-corrected chi connectivity index (χ0v) is 28.0. The zero-order chi connectivity index (χ0) is 32.1. The summed E-state index contributed by atoms with van der Waals surface area (Å²) in [6.07, 6.45) is 13.2. The Kier molecular flexibility index (Phi) is 8.53. The van der Waals surface area contributed by atoms with Crippen LogP contribution in [0.25, 0.3) is 16.6 Å². The van der Waals surface area contributed by atoms with Crippen molar-refractivity contribution in [1.82, 2.24) is 23.8 Å². The number of nitrogens with zero attached hydrogens (tertiary/aromatic N) is 6. The minimum atomic E-state index is -3.28. The van der Waals surface area contributed by atoms with Gasteiger partial charge in [0.2, 0.25) is 10.0 Å². The molecule has 0 amide bonds. The molecule has 6 fully saturated rings. The van der Waals surface area contributed by atoms with Crippen molar-refractivity contribution in [1.29, 1.82) is 0 Å². The molecule has 0 radical (unpaired) electrons. The van der Waals surface area contributed by atoms with E-state index < -0.39 is 10.0 Å². The van der Waals surface area contributed by atoms with E-state index in [1.54, 1.807) is 4.31 Å². The van der Waals surface area contributed by atoms with Crippen molar-refractivity contribution in [3.63, 3.8) is 0 Å². The van der Waals surface area contributed by atoms with Gasteiger partial charge in [-0.05, 0) is 75.5 Å². The number of pyridine rings is 2. The first kappa shape index (κ1) is 31.3. The summed E-state index contributed by atoms with van der Waals surface area (Å²) in [5.74, 6) is 2.06. The van der Waals surface area contributed by atoms with Crippen LogP contribution >= 0.6 is 0 Å². The second-order valence-corrected chi connectivity index (χ2v) is 16.1. The van der Waals surface area contributed by atoms with Gasteiger partial charge in [0.05, 0.1) is 42.1 Å². The van der Waals surface area contributed by atoms with Gasteiger partial charge in [0.25, 0.3) is 0 Å². The number of piperazine rings is 1. The molecule has 2 N–H and O–H groups in total. The number of aromatic nitrogens is 3. The number of rotatable bonds is 11. The van der Waals surface area contributed by atoms with E-state index in [0.29, 0.717) is 45.0 Å². The summed E-state index contributed by atoms with van der Waals surface area (Å²) in [6.45, 7) is 4.25. The molecule has 9 heterocycles. The predicted octanol–water partition coefficient (Wildman–Crippen LogP) is 3.21. The van der Waals surface area contributed by atoms with Crippen molar-refractivity contribution in [2.24, 2.45) is 5.92 Å². The molecule has 4 bridgehead atoms. The molecule has 0 aliphatic carbocycles. The number of aliphatic hydroxyl groups excluding tert-OH is 1. The van der Waals surface area contributed by atoms with Crippen molar-refractivity contribution < 1.29 is 23.0 Å². The van der Waals surface area contributed by atoms with Crippen molar-refractivity contribution in [3.8, 4) is 16.9 Å². The highest BCUT2D eigenvalue weighted by molar-refractivity contribution is 7.89. The molecule has 12 nitrogen and oxygen atoms in total. The second kappa shape index (κ2) is 12.8. The van der Waals surface area contributed by atoms with Gasteiger partial charge in [-0.25, -0.2) is 17.9 Å². The average Bonchev–Trinajstić information content (AvgIpc) is 3.59. The number of fused-ring (bicyclic) bond motifs is 5. The molecule has 3 aromatic heterocycles. The number of nitrogens with one attached hydrogen (secondary N) is 1. The molecular weight excluding hydrogens is 618 g/mol. The molecule has 13 heteroatoms. The van der Waals surface area contributed by atoms with E-state index in [4.69, 9.17) is 14.5 Å². The number of aliphatic hydroxyl groups is 1. The average molecular weight is 666 g/mol. The molecule has 47 heavy (non-hydrogen) atoms. The van der Waals surface area contributed by atoms with E-state index in [1.807, 2.05) is 36.2 Å². The number of piperidine rings is 2. The fourth-order valence-electron chi connectivity index (χ4n) is 8.87. The Hall–Kier alpha value is -2.97. The number of sulfonamides is 1. The Morgan fingerprint density at radius 3 is 2.49 bits per heavy atom. The molecular formula is C34H47N7O5S. The smallest absolute Gasteiger partial charge is 0.215 e. The van der Waals surface area contributed by atoms with E-state index >= 15 is 0 Å². The first-order valence-corrected chi connectivity index (χ1v) is 19.0. The standard InChI is InChI=1S/C34H47N7O5S/c1-35-32-18-37-40-21-30(46-10-2-9-39-25-4-5-26(39)15-29(42)14-25)16-31(34(32)40)24-3-6-33(36-17-24)38-19-27-13-28(20-38)41(27)47(43,44)22-23-7-11-45-12-8-23/h3,6,16-18,21,23,25-29,35,42H,2,4-5,7-15,19-20,22H2,1H3/t25-,26+,27?,28?,29?. The minimum Gasteiger partial charge on any atom is -0.492 e. The maximum absolute atomic E-state index is 13.3. The van der Waals surface area contributed by atoms with Crippen LogP contribution in [0.1, 0.15) is 51.4 Å². The van der Waals surface area contributed by atoms with Crippen LogP contribution in [-0.4, -0.2) is 120 Å². The molecule has 6 aliphatic heterocycles. The van der Waals surface area contributed by atoms with Crippen LogP contribution < -0.4 is 15.0 Å². The number of anilines is 2. The second-order valence-electron chi connectivity index (χ2n) is 14.2. The van der Waals surface area contributed by atoms with Crippen LogP contribution in [0.3, 0.4) is 0 Å². The van der Waals surface area contributed by atoms with Gasteiger partial charge in [-0.3, -0.25) is 4.90 Å². The normalized spacial score (nSPS) is 28.5. The molecule has 6 aliphatic rings. The highest BCUT2D eigenvalue weighted by Gasteiger charge is 2.51. The van der Waals surface area contributed by atoms with Crippen LogP contribution in [0.4, 0.5) is 11.5 Å². The Balaban J connectivity index is 0.934. The summed E-state index contributed by atoms with van der Waals surface area (Å²) in [5.41, 5.74) is 3.84. The molecule has 5 atom stereocenters.